The van der Waals surface area contributed by atoms with Gasteiger partial charge in [-0.3, -0.25) is 14.4 Å². The molecule has 2 aliphatic rings. The normalized spacial score (nSPS) is 19.0. The maximum absolute atomic E-state index is 13.2. The van der Waals surface area contributed by atoms with Crippen molar-refractivity contribution >= 4 is 40.7 Å². The van der Waals surface area contributed by atoms with E-state index in [9.17, 15) is 18.8 Å². The topological polar surface area (TPSA) is 69.7 Å². The van der Waals surface area contributed by atoms with Crippen molar-refractivity contribution in [1.29, 1.82) is 0 Å². The number of amides is 3. The van der Waals surface area contributed by atoms with Gasteiger partial charge in [0, 0.05) is 23.8 Å². The van der Waals surface area contributed by atoms with Crippen LogP contribution in [0.25, 0.3) is 0 Å². The van der Waals surface area contributed by atoms with Crippen molar-refractivity contribution in [3.8, 4) is 0 Å². The van der Waals surface area contributed by atoms with E-state index in [0.717, 1.165) is 49.3 Å². The first kappa shape index (κ1) is 22.0. The van der Waals surface area contributed by atoms with E-state index < -0.39 is 17.6 Å². The van der Waals surface area contributed by atoms with Crippen molar-refractivity contribution in [3.63, 3.8) is 0 Å². The van der Waals surface area contributed by atoms with Crippen LogP contribution in [0.5, 0.6) is 0 Å². The highest BCUT2D eigenvalue weighted by molar-refractivity contribution is 6.53. The predicted molar refractivity (Wildman–Crippen MR) is 121 cm³/mol. The van der Waals surface area contributed by atoms with Gasteiger partial charge in [-0.25, -0.2) is 9.29 Å². The number of carbonyl (C=O) groups excluding carboxylic acids is 3. The van der Waals surface area contributed by atoms with Crippen LogP contribution in [0.1, 0.15) is 43.0 Å². The maximum atomic E-state index is 13.2. The smallest absolute Gasteiger partial charge is 0.283 e. The second-order valence-corrected chi connectivity index (χ2v) is 8.25. The summed E-state index contributed by atoms with van der Waals surface area (Å²) in [5.74, 6) is -1.80. The van der Waals surface area contributed by atoms with Crippen molar-refractivity contribution in [2.45, 2.75) is 38.6 Å². The third kappa shape index (κ3) is 4.12. The summed E-state index contributed by atoms with van der Waals surface area (Å²) in [5.41, 5.74) is 1.24. The molecule has 8 heteroatoms. The maximum Gasteiger partial charge on any atom is 0.283 e. The minimum Gasteiger partial charge on any atom is -0.350 e. The van der Waals surface area contributed by atoms with Crippen LogP contribution < -0.4 is 10.2 Å². The average molecular weight is 456 g/mol. The average Bonchev–Trinajstić information content (AvgIpc) is 3.03. The lowest BCUT2D eigenvalue weighted by Gasteiger charge is -2.35. The Labute approximate surface area is 190 Å². The molecule has 2 aromatic rings. The first-order chi connectivity index (χ1) is 15.4. The van der Waals surface area contributed by atoms with Crippen molar-refractivity contribution in [3.05, 3.63) is 70.6 Å². The summed E-state index contributed by atoms with van der Waals surface area (Å²) in [6, 6.07) is 12.0. The quantitative estimate of drug-likeness (QED) is 0.665. The summed E-state index contributed by atoms with van der Waals surface area (Å²) in [7, 11) is 0. The van der Waals surface area contributed by atoms with Crippen LogP contribution in [0.2, 0.25) is 0 Å². The van der Waals surface area contributed by atoms with Gasteiger partial charge in [0.05, 0.1) is 5.69 Å². The molecular formula is C24H23ClFN3O3. The molecule has 1 unspecified atom stereocenters. The molecule has 0 aliphatic carbocycles. The number of carbonyl (C=O) groups is 3. The Morgan fingerprint density at radius 1 is 1.06 bits per heavy atom. The molecule has 0 saturated carbocycles. The molecule has 6 nitrogen and oxygen atoms in total. The van der Waals surface area contributed by atoms with Gasteiger partial charge in [-0.2, -0.15) is 0 Å². The van der Waals surface area contributed by atoms with Gasteiger partial charge in [-0.15, -0.1) is 0 Å². The number of hydrogen-bond acceptors (Lipinski definition) is 4. The summed E-state index contributed by atoms with van der Waals surface area (Å²) in [5, 5.41) is 2.63. The number of anilines is 2. The zero-order chi connectivity index (χ0) is 22.8. The number of imide groups is 1. The number of benzene rings is 2. The van der Waals surface area contributed by atoms with Crippen molar-refractivity contribution < 1.29 is 18.8 Å². The van der Waals surface area contributed by atoms with Gasteiger partial charge < -0.3 is 10.2 Å². The summed E-state index contributed by atoms with van der Waals surface area (Å²) in [6.45, 7) is 2.85. The van der Waals surface area contributed by atoms with E-state index in [2.05, 4.69) is 12.2 Å². The number of hydrogen-bond donors (Lipinski definition) is 1. The van der Waals surface area contributed by atoms with Gasteiger partial charge in [0.15, 0.2) is 0 Å². The van der Waals surface area contributed by atoms with Crippen molar-refractivity contribution in [2.24, 2.45) is 0 Å². The van der Waals surface area contributed by atoms with Gasteiger partial charge in [0.25, 0.3) is 17.7 Å². The molecule has 2 heterocycles. The Bertz CT molecular complexity index is 1080. The first-order valence-electron chi connectivity index (χ1n) is 10.6. The minimum atomic E-state index is -0.687. The Hall–Kier alpha value is -3.19. The molecule has 2 aliphatic heterocycles. The Morgan fingerprint density at radius 3 is 2.41 bits per heavy atom. The molecule has 3 amide bonds. The summed E-state index contributed by atoms with van der Waals surface area (Å²) in [4.78, 5) is 41.1. The first-order valence-corrected chi connectivity index (χ1v) is 11.0. The van der Waals surface area contributed by atoms with Crippen molar-refractivity contribution in [1.82, 2.24) is 4.90 Å². The molecule has 0 bridgehead atoms. The number of likely N-dealkylation sites (tertiary alicyclic amines) is 1. The molecule has 2 aromatic carbocycles. The third-order valence-electron chi connectivity index (χ3n) is 5.87. The van der Waals surface area contributed by atoms with Crippen LogP contribution in [0.4, 0.5) is 15.8 Å². The van der Waals surface area contributed by atoms with Crippen molar-refractivity contribution in [2.75, 3.05) is 16.8 Å². The molecule has 32 heavy (non-hydrogen) atoms. The number of nitrogens with one attached hydrogen (secondary N) is 1. The van der Waals surface area contributed by atoms with Gasteiger partial charge in [-0.05, 0) is 74.2 Å². The second-order valence-electron chi connectivity index (χ2n) is 7.87. The molecule has 0 aromatic heterocycles. The van der Waals surface area contributed by atoms with Crippen LogP contribution in [0.3, 0.4) is 0 Å². The standard InChI is InChI=1S/C24H23ClFN3O3/c1-2-18-5-3-4-14-28(18)22(30)15-6-10-17(11-7-15)27-21-20(25)23(31)29(24(21)32)19-12-8-16(26)9-13-19/h6-13,18,27H,2-5,14H2,1H3. The fourth-order valence-corrected chi connectivity index (χ4v) is 4.35. The molecule has 0 spiro atoms. The van der Waals surface area contributed by atoms with Gasteiger partial charge in [0.2, 0.25) is 0 Å². The number of nitrogens with zero attached hydrogens (tertiary/aromatic N) is 2. The van der Waals surface area contributed by atoms with Crippen LogP contribution in [0.15, 0.2) is 59.3 Å². The monoisotopic (exact) mass is 455 g/mol. The Morgan fingerprint density at radius 2 is 1.75 bits per heavy atom. The lowest BCUT2D eigenvalue weighted by Crippen LogP contribution is -2.43. The van der Waals surface area contributed by atoms with E-state index >= 15 is 0 Å². The molecule has 1 fully saturated rings. The number of rotatable bonds is 5. The van der Waals surface area contributed by atoms with Gasteiger partial charge in [0.1, 0.15) is 16.5 Å². The molecule has 0 radical (unpaired) electrons. The second kappa shape index (κ2) is 9.12. The van der Waals surface area contributed by atoms with Gasteiger partial charge >= 0.3 is 0 Å². The van der Waals surface area contributed by atoms with Crippen LogP contribution >= 0.6 is 11.6 Å². The molecule has 1 atom stereocenters. The van der Waals surface area contributed by atoms with Crippen LogP contribution in [-0.4, -0.2) is 35.2 Å². The zero-order valence-electron chi connectivity index (χ0n) is 17.6. The fraction of sp³-hybridized carbons (Fsp3) is 0.292. The molecular weight excluding hydrogens is 433 g/mol. The van der Waals surface area contributed by atoms with Gasteiger partial charge in [-0.1, -0.05) is 18.5 Å². The summed E-state index contributed by atoms with van der Waals surface area (Å²) < 4.78 is 13.2. The lowest BCUT2D eigenvalue weighted by molar-refractivity contribution is -0.120. The zero-order valence-corrected chi connectivity index (χ0v) is 18.4. The largest absolute Gasteiger partial charge is 0.350 e. The van der Waals surface area contributed by atoms with E-state index in [0.29, 0.717) is 11.3 Å². The Kier molecular flexibility index (Phi) is 6.28. The third-order valence-corrected chi connectivity index (χ3v) is 6.22. The molecule has 1 N–H and O–H groups in total. The van der Waals surface area contributed by atoms with E-state index in [1.165, 1.54) is 12.1 Å². The molecule has 4 rings (SSSR count). The van der Waals surface area contributed by atoms with E-state index in [1.54, 1.807) is 24.3 Å². The number of piperidine rings is 1. The highest BCUT2D eigenvalue weighted by Gasteiger charge is 2.39. The summed E-state index contributed by atoms with van der Waals surface area (Å²) in [6.07, 6.45) is 4.10. The lowest BCUT2D eigenvalue weighted by atomic mass is 9.99. The predicted octanol–water partition coefficient (Wildman–Crippen LogP) is 4.67. The molecule has 166 valence electrons. The van der Waals surface area contributed by atoms with E-state index in [4.69, 9.17) is 11.6 Å². The molecule has 1 saturated heterocycles. The SMILES string of the molecule is CCC1CCCCN1C(=O)c1ccc(NC2=C(Cl)C(=O)N(c3ccc(F)cc3)C2=O)cc1. The van der Waals surface area contributed by atoms with E-state index in [-0.39, 0.29) is 28.4 Å². The Balaban J connectivity index is 1.49. The number of halogens is 2. The van der Waals surface area contributed by atoms with Crippen LogP contribution in [0, 0.1) is 5.82 Å². The summed E-state index contributed by atoms with van der Waals surface area (Å²) >= 11 is 6.13. The highest BCUT2D eigenvalue weighted by Crippen LogP contribution is 2.30. The van der Waals surface area contributed by atoms with E-state index in [1.807, 2.05) is 4.90 Å². The highest BCUT2D eigenvalue weighted by atomic mass is 35.5. The van der Waals surface area contributed by atoms with Crippen LogP contribution in [-0.2, 0) is 9.59 Å². The fourth-order valence-electron chi connectivity index (χ4n) is 4.13. The minimum absolute atomic E-state index is 0.00467.